The van der Waals surface area contributed by atoms with Gasteiger partial charge in [0, 0.05) is 16.9 Å². The summed E-state index contributed by atoms with van der Waals surface area (Å²) in [5.74, 6) is 0. The van der Waals surface area contributed by atoms with Crippen molar-refractivity contribution in [3.8, 4) is 0 Å². The fourth-order valence-corrected chi connectivity index (χ4v) is 4.88. The van der Waals surface area contributed by atoms with E-state index in [9.17, 15) is 0 Å². The molecule has 3 nitrogen and oxygen atoms in total. The normalized spacial score (nSPS) is 16.4. The Bertz CT molecular complexity index is 979. The smallest absolute Gasteiger partial charge is 0.378 e. The molecule has 0 aromatic heterocycles. The fourth-order valence-electron chi connectivity index (χ4n) is 4.88. The molecule has 0 amide bonds. The van der Waals surface area contributed by atoms with E-state index in [-0.39, 0.29) is 18.7 Å². The van der Waals surface area contributed by atoms with Crippen LogP contribution in [0.3, 0.4) is 0 Å². The Morgan fingerprint density at radius 1 is 0.710 bits per heavy atom. The number of anilines is 2. The molecule has 1 aliphatic rings. The molecule has 0 aliphatic carbocycles. The highest BCUT2D eigenvalue weighted by Crippen LogP contribution is 2.37. The number of fused-ring (bicyclic) bond motifs is 1. The zero-order chi connectivity index (χ0) is 22.3. The van der Waals surface area contributed by atoms with E-state index in [1.54, 1.807) is 0 Å². The minimum atomic E-state index is -0.0540. The second-order valence-corrected chi connectivity index (χ2v) is 9.83. The number of benzene rings is 3. The Balaban J connectivity index is 1.82. The maximum absolute atomic E-state index is 3.92. The summed E-state index contributed by atoms with van der Waals surface area (Å²) in [6.45, 7) is 15.7. The molecule has 4 heteroatoms. The Hall–Kier alpha value is -2.72. The molecule has 2 N–H and O–H groups in total. The van der Waals surface area contributed by atoms with Gasteiger partial charge in [0.25, 0.3) is 0 Å². The van der Waals surface area contributed by atoms with Crippen molar-refractivity contribution in [3.63, 3.8) is 0 Å². The first-order valence-corrected chi connectivity index (χ1v) is 11.2. The molecule has 31 heavy (non-hydrogen) atoms. The molecule has 0 spiro atoms. The molecule has 0 saturated heterocycles. The Labute approximate surface area is 188 Å². The second kappa shape index (κ2) is 8.09. The number of hydrogen-bond donors (Lipinski definition) is 2. The van der Waals surface area contributed by atoms with Crippen molar-refractivity contribution in [2.45, 2.75) is 60.2 Å². The highest BCUT2D eigenvalue weighted by atomic mass is 15.3. The Morgan fingerprint density at radius 3 is 1.77 bits per heavy atom. The predicted molar refractivity (Wildman–Crippen MR) is 135 cm³/mol. The van der Waals surface area contributed by atoms with E-state index in [0.29, 0.717) is 0 Å². The number of aryl methyl sites for hydroxylation is 4. The van der Waals surface area contributed by atoms with Crippen LogP contribution in [-0.2, 0) is 0 Å². The third kappa shape index (κ3) is 3.97. The quantitative estimate of drug-likeness (QED) is 0.520. The van der Waals surface area contributed by atoms with E-state index in [1.807, 2.05) is 0 Å². The van der Waals surface area contributed by atoms with Crippen molar-refractivity contribution < 1.29 is 0 Å². The van der Waals surface area contributed by atoms with Crippen molar-refractivity contribution >= 4 is 23.8 Å². The van der Waals surface area contributed by atoms with Crippen LogP contribution in [0.25, 0.3) is 0 Å². The van der Waals surface area contributed by atoms with Crippen LogP contribution in [-0.4, -0.2) is 17.3 Å². The van der Waals surface area contributed by atoms with Gasteiger partial charge in [-0.3, -0.25) is 4.81 Å². The summed E-state index contributed by atoms with van der Waals surface area (Å²) < 4.78 is 0. The molecular formula is C27H34BN3. The van der Waals surface area contributed by atoms with Crippen LogP contribution in [0, 0.1) is 27.7 Å². The highest BCUT2D eigenvalue weighted by molar-refractivity contribution is 6.75. The first kappa shape index (κ1) is 21.5. The molecule has 1 aliphatic heterocycles. The lowest BCUT2D eigenvalue weighted by Gasteiger charge is -2.42. The number of rotatable bonds is 4. The van der Waals surface area contributed by atoms with Crippen LogP contribution in [0.1, 0.15) is 54.8 Å². The lowest BCUT2D eigenvalue weighted by atomic mass is 9.66. The average molecular weight is 411 g/mol. The average Bonchev–Trinajstić information content (AvgIpc) is 3.01. The van der Waals surface area contributed by atoms with Crippen molar-refractivity contribution in [2.75, 3.05) is 10.5 Å². The zero-order valence-corrected chi connectivity index (χ0v) is 19.9. The van der Waals surface area contributed by atoms with Gasteiger partial charge < -0.3 is 10.5 Å². The topological polar surface area (TPSA) is 27.3 Å². The van der Waals surface area contributed by atoms with Gasteiger partial charge in [-0.05, 0) is 81.7 Å². The van der Waals surface area contributed by atoms with Crippen LogP contribution >= 0.6 is 0 Å². The zero-order valence-electron chi connectivity index (χ0n) is 19.9. The number of hydrogen-bond acceptors (Lipinski definition) is 3. The van der Waals surface area contributed by atoms with Gasteiger partial charge >= 0.3 is 6.98 Å². The molecular weight excluding hydrogens is 377 g/mol. The number of nitrogens with one attached hydrogen (secondary N) is 2. The molecule has 3 aromatic carbocycles. The lowest BCUT2D eigenvalue weighted by molar-refractivity contribution is 0.212. The summed E-state index contributed by atoms with van der Waals surface area (Å²) in [4.78, 5) is 2.58. The lowest BCUT2D eigenvalue weighted by Crippen LogP contribution is -2.57. The summed E-state index contributed by atoms with van der Waals surface area (Å²) in [5.41, 5.74) is 10.2. The third-order valence-corrected chi connectivity index (χ3v) is 6.44. The number of para-hydroxylation sites is 2. The van der Waals surface area contributed by atoms with Gasteiger partial charge in [0.1, 0.15) is 0 Å². The van der Waals surface area contributed by atoms with Crippen LogP contribution in [0.4, 0.5) is 11.4 Å². The van der Waals surface area contributed by atoms with Gasteiger partial charge in [-0.25, -0.2) is 0 Å². The molecule has 160 valence electrons. The SMILES string of the molecule is Cc1cccc(C)c1NB1c2ccccc2[C@@H](Nc2c(C)cccc2C)N1C(C)(C)C. The minimum Gasteiger partial charge on any atom is -0.410 e. The molecule has 3 aromatic rings. The minimum absolute atomic E-state index is 0.0540. The Kier molecular flexibility index (Phi) is 5.61. The molecule has 1 heterocycles. The van der Waals surface area contributed by atoms with Gasteiger partial charge in [-0.1, -0.05) is 60.7 Å². The summed E-state index contributed by atoms with van der Waals surface area (Å²) in [5, 5.41) is 7.84. The molecule has 1 atom stereocenters. The summed E-state index contributed by atoms with van der Waals surface area (Å²) in [6, 6.07) is 21.8. The van der Waals surface area contributed by atoms with Crippen molar-refractivity contribution in [1.29, 1.82) is 0 Å². The van der Waals surface area contributed by atoms with Crippen LogP contribution < -0.4 is 16.0 Å². The monoisotopic (exact) mass is 411 g/mol. The van der Waals surface area contributed by atoms with E-state index >= 15 is 0 Å². The third-order valence-electron chi connectivity index (χ3n) is 6.44. The molecule has 0 radical (unpaired) electrons. The first-order valence-electron chi connectivity index (χ1n) is 11.2. The fraction of sp³-hybridized carbons (Fsp3) is 0.333. The van der Waals surface area contributed by atoms with E-state index in [1.165, 1.54) is 44.7 Å². The summed E-state index contributed by atoms with van der Waals surface area (Å²) in [7, 11) is 0. The van der Waals surface area contributed by atoms with Crippen molar-refractivity contribution in [2.24, 2.45) is 0 Å². The van der Waals surface area contributed by atoms with E-state index in [4.69, 9.17) is 0 Å². The molecule has 0 unspecified atom stereocenters. The largest absolute Gasteiger partial charge is 0.410 e. The summed E-state index contributed by atoms with van der Waals surface area (Å²) in [6.07, 6.45) is 0.0813. The molecule has 4 rings (SSSR count). The second-order valence-electron chi connectivity index (χ2n) is 9.83. The molecule has 0 bridgehead atoms. The number of nitrogens with zero attached hydrogens (tertiary/aromatic N) is 1. The van der Waals surface area contributed by atoms with Crippen molar-refractivity contribution in [1.82, 2.24) is 4.81 Å². The van der Waals surface area contributed by atoms with Crippen molar-refractivity contribution in [3.05, 3.63) is 88.5 Å². The van der Waals surface area contributed by atoms with Gasteiger partial charge in [0.15, 0.2) is 0 Å². The Morgan fingerprint density at radius 2 is 1.23 bits per heavy atom. The van der Waals surface area contributed by atoms with E-state index in [2.05, 4.69) is 124 Å². The predicted octanol–water partition coefficient (Wildman–Crippen LogP) is 5.95. The molecule has 0 saturated carbocycles. The maximum atomic E-state index is 3.92. The van der Waals surface area contributed by atoms with Crippen LogP contribution in [0.5, 0.6) is 0 Å². The van der Waals surface area contributed by atoms with E-state index < -0.39 is 0 Å². The van der Waals surface area contributed by atoms with Crippen LogP contribution in [0.15, 0.2) is 60.7 Å². The van der Waals surface area contributed by atoms with Gasteiger partial charge in [0.2, 0.25) is 0 Å². The van der Waals surface area contributed by atoms with Crippen LogP contribution in [0.2, 0.25) is 0 Å². The highest BCUT2D eigenvalue weighted by Gasteiger charge is 2.47. The van der Waals surface area contributed by atoms with Gasteiger partial charge in [-0.15, -0.1) is 0 Å². The van der Waals surface area contributed by atoms with Gasteiger partial charge in [-0.2, -0.15) is 0 Å². The van der Waals surface area contributed by atoms with E-state index in [0.717, 1.165) is 0 Å². The van der Waals surface area contributed by atoms with Gasteiger partial charge in [0.05, 0.1) is 6.17 Å². The maximum Gasteiger partial charge on any atom is 0.378 e. The standard InChI is InChI=1S/C27H34BN3/c1-18-12-10-13-19(2)24(18)29-26-22-16-8-9-17-23(22)28(31(26)27(5,6)7)30-25-20(3)14-11-15-21(25)4/h8-17,26,29-30H,1-7H3/t26-/m0/s1. The molecule has 0 fully saturated rings. The summed E-state index contributed by atoms with van der Waals surface area (Å²) >= 11 is 0. The first-order chi connectivity index (χ1) is 14.7.